The average Bonchev–Trinajstić information content (AvgIpc) is 3.99. The number of hydrogen-bond acceptors (Lipinski definition) is 14. The summed E-state index contributed by atoms with van der Waals surface area (Å²) in [5.41, 5.74) is 2.66. The molecular weight excluding hydrogens is 779 g/mol. The van der Waals surface area contributed by atoms with E-state index < -0.39 is 54.1 Å². The lowest BCUT2D eigenvalue weighted by molar-refractivity contribution is -0.142. The molecule has 0 unspecified atom stereocenters. The van der Waals surface area contributed by atoms with Crippen LogP contribution in [0.15, 0.2) is 48.2 Å². The number of ether oxygens (including phenoxy) is 1. The van der Waals surface area contributed by atoms with E-state index in [0.717, 1.165) is 21.7 Å². The average molecular weight is 832 g/mol. The van der Waals surface area contributed by atoms with Gasteiger partial charge in [0, 0.05) is 19.4 Å². The van der Waals surface area contributed by atoms with Gasteiger partial charge in [-0.2, -0.15) is 10.4 Å². The fourth-order valence-corrected chi connectivity index (χ4v) is 8.61. The number of carbonyl (C=O) groups excluding carboxylic acids is 3. The third-order valence-corrected chi connectivity index (χ3v) is 12.1. The zero-order chi connectivity index (χ0) is 42.6. The standard InChI is InChI=1S/C41H53N9O8S/c1-23(25-10-12-26(13-11-25)34-24(2)45-22-59-34)47-38(56)29-17-27(52)18-49(29)39(57)35(40(3,4)5)43-16-8-6-7-9-32(53)48-37-28-14-15-31(50(28)46-21-44-37)41(20-42)36(55)33(54)30(19-51)58-41/h10-15,21-23,27,29-30,33,35-36,43,51-52,54-55H,6-9,16-19H2,1-5H3,(H,47,56)(H,44,46,48,53)/t23-,27+,29-,30+,33-,35+,36-,41-/m0/s1. The first-order valence-corrected chi connectivity index (χ1v) is 20.7. The van der Waals surface area contributed by atoms with Gasteiger partial charge < -0.3 is 46.0 Å². The third kappa shape index (κ3) is 9.16. The van der Waals surface area contributed by atoms with Gasteiger partial charge in [0.05, 0.1) is 46.6 Å². The zero-order valence-electron chi connectivity index (χ0n) is 33.8. The molecule has 2 saturated heterocycles. The number of aryl methyl sites for hydroxylation is 1. The first-order chi connectivity index (χ1) is 28.1. The maximum atomic E-state index is 14.1. The number of unbranched alkanes of at least 4 members (excludes halogenated alkanes) is 2. The fraction of sp³-hybridized carbons (Fsp3) is 0.537. The van der Waals surface area contributed by atoms with Crippen molar-refractivity contribution in [3.8, 4) is 16.5 Å². The summed E-state index contributed by atoms with van der Waals surface area (Å²) in [6.45, 7) is 9.64. The van der Waals surface area contributed by atoms with E-state index in [1.54, 1.807) is 17.4 Å². The molecule has 0 bridgehead atoms. The number of benzene rings is 1. The predicted octanol–water partition coefficient (Wildman–Crippen LogP) is 2.34. The third-order valence-electron chi connectivity index (χ3n) is 11.1. The summed E-state index contributed by atoms with van der Waals surface area (Å²) in [5.74, 6) is -0.704. The molecule has 2 aliphatic rings. The van der Waals surface area contributed by atoms with Crippen LogP contribution in [-0.4, -0.2) is 119 Å². The van der Waals surface area contributed by atoms with Crippen molar-refractivity contribution in [2.24, 2.45) is 5.41 Å². The molecule has 0 spiro atoms. The van der Waals surface area contributed by atoms with Crippen molar-refractivity contribution in [2.45, 2.75) is 115 Å². The number of nitriles is 1. The Hall–Kier alpha value is -4.87. The largest absolute Gasteiger partial charge is 0.394 e. The van der Waals surface area contributed by atoms with Crippen LogP contribution in [0.2, 0.25) is 0 Å². The van der Waals surface area contributed by atoms with Gasteiger partial charge in [-0.3, -0.25) is 14.4 Å². The molecule has 2 aliphatic heterocycles. The molecule has 5 heterocycles. The van der Waals surface area contributed by atoms with Gasteiger partial charge in [-0.25, -0.2) is 14.5 Å². The van der Waals surface area contributed by atoms with E-state index in [4.69, 9.17) is 4.74 Å². The van der Waals surface area contributed by atoms with Gasteiger partial charge in [0.2, 0.25) is 23.3 Å². The summed E-state index contributed by atoms with van der Waals surface area (Å²) < 4.78 is 6.92. The topological polar surface area (TPSA) is 248 Å². The van der Waals surface area contributed by atoms with Gasteiger partial charge in [0.15, 0.2) is 5.82 Å². The van der Waals surface area contributed by atoms with E-state index in [2.05, 4.69) is 31.0 Å². The van der Waals surface area contributed by atoms with Crippen molar-refractivity contribution in [1.29, 1.82) is 5.26 Å². The monoisotopic (exact) mass is 831 g/mol. The highest BCUT2D eigenvalue weighted by Gasteiger charge is 2.57. The number of nitrogens with one attached hydrogen (secondary N) is 3. The van der Waals surface area contributed by atoms with Gasteiger partial charge in [0.25, 0.3) is 0 Å². The molecule has 2 fully saturated rings. The van der Waals surface area contributed by atoms with Gasteiger partial charge in [-0.1, -0.05) is 51.5 Å². The first kappa shape index (κ1) is 43.7. The van der Waals surface area contributed by atoms with Gasteiger partial charge >= 0.3 is 0 Å². The van der Waals surface area contributed by atoms with E-state index in [0.29, 0.717) is 31.3 Å². The van der Waals surface area contributed by atoms with Crippen LogP contribution in [-0.2, 0) is 24.7 Å². The minimum Gasteiger partial charge on any atom is -0.394 e. The highest BCUT2D eigenvalue weighted by molar-refractivity contribution is 7.13. The Kier molecular flexibility index (Phi) is 13.5. The lowest BCUT2D eigenvalue weighted by atomic mass is 9.85. The van der Waals surface area contributed by atoms with Crippen LogP contribution in [0, 0.1) is 23.7 Å². The number of aliphatic hydroxyl groups is 4. The Morgan fingerprint density at radius 2 is 1.83 bits per heavy atom. The van der Waals surface area contributed by atoms with Gasteiger partial charge in [-0.15, -0.1) is 11.3 Å². The Balaban J connectivity index is 0.992. The van der Waals surface area contributed by atoms with Crippen LogP contribution in [0.25, 0.3) is 16.0 Å². The Labute approximate surface area is 346 Å². The summed E-state index contributed by atoms with van der Waals surface area (Å²) in [7, 11) is 0. The predicted molar refractivity (Wildman–Crippen MR) is 218 cm³/mol. The van der Waals surface area contributed by atoms with Gasteiger partial charge in [0.1, 0.15) is 42.3 Å². The summed E-state index contributed by atoms with van der Waals surface area (Å²) in [5, 5.41) is 64.6. The molecule has 0 aliphatic carbocycles. The molecule has 3 amide bonds. The first-order valence-electron chi connectivity index (χ1n) is 19.8. The smallest absolute Gasteiger partial charge is 0.243 e. The molecule has 59 heavy (non-hydrogen) atoms. The molecular formula is C41H53N9O8S. The number of aromatic nitrogens is 4. The van der Waals surface area contributed by atoms with Crippen molar-refractivity contribution in [2.75, 3.05) is 25.0 Å². The van der Waals surface area contributed by atoms with Crippen LogP contribution in [0.5, 0.6) is 0 Å². The number of rotatable bonds is 15. The van der Waals surface area contributed by atoms with Crippen LogP contribution in [0.3, 0.4) is 0 Å². The number of amides is 3. The number of hydrogen-bond donors (Lipinski definition) is 7. The SMILES string of the molecule is Cc1ncsc1-c1ccc([C@H](C)NC(=O)[C@@H]2C[C@@H](O)CN2C(=O)[C@@H](NCCCCCC(=O)Nc2ncnn3c([C@]4(C#N)O[C@H](CO)[C@H](O)[C@@H]4O)ccc23)C(C)(C)C)cc1. The number of nitrogens with zero attached hydrogens (tertiary/aromatic N) is 6. The molecule has 6 rings (SSSR count). The Morgan fingerprint density at radius 1 is 1.08 bits per heavy atom. The number of carbonyl (C=O) groups is 3. The van der Waals surface area contributed by atoms with Crippen molar-refractivity contribution in [3.05, 3.63) is 65.2 Å². The second kappa shape index (κ2) is 18.2. The number of likely N-dealkylation sites (tertiary alicyclic amines) is 1. The molecule has 7 N–H and O–H groups in total. The number of aliphatic hydroxyl groups excluding tert-OH is 4. The molecule has 0 radical (unpaired) electrons. The van der Waals surface area contributed by atoms with Crippen LogP contribution < -0.4 is 16.0 Å². The highest BCUT2D eigenvalue weighted by atomic mass is 32.1. The molecule has 4 aromatic rings. The van der Waals surface area contributed by atoms with E-state index in [1.807, 2.05) is 70.5 Å². The molecule has 316 valence electrons. The second-order valence-electron chi connectivity index (χ2n) is 16.4. The second-order valence-corrected chi connectivity index (χ2v) is 17.2. The fourth-order valence-electron chi connectivity index (χ4n) is 7.80. The maximum absolute atomic E-state index is 14.1. The number of β-amino-alcohol motifs (C(OH)–C–C–N with tert-alkyl or cyclic N) is 1. The Bertz CT molecular complexity index is 2170. The summed E-state index contributed by atoms with van der Waals surface area (Å²) >= 11 is 1.58. The minimum absolute atomic E-state index is 0.0585. The molecule has 18 heteroatoms. The lowest BCUT2D eigenvalue weighted by Gasteiger charge is -2.35. The zero-order valence-corrected chi connectivity index (χ0v) is 34.6. The van der Waals surface area contributed by atoms with E-state index in [1.165, 1.54) is 21.8 Å². The minimum atomic E-state index is -2.01. The molecule has 17 nitrogen and oxygen atoms in total. The van der Waals surface area contributed by atoms with Crippen molar-refractivity contribution in [1.82, 2.24) is 35.1 Å². The number of thiazole rings is 1. The normalized spacial score (nSPS) is 24.2. The summed E-state index contributed by atoms with van der Waals surface area (Å²) in [6, 6.07) is 11.1. The van der Waals surface area contributed by atoms with Crippen LogP contribution in [0.4, 0.5) is 5.82 Å². The molecule has 3 aromatic heterocycles. The van der Waals surface area contributed by atoms with E-state index in [-0.39, 0.29) is 54.7 Å². The number of anilines is 1. The lowest BCUT2D eigenvalue weighted by Crippen LogP contribution is -2.56. The molecule has 0 saturated carbocycles. The summed E-state index contributed by atoms with van der Waals surface area (Å²) in [4.78, 5) is 51.8. The van der Waals surface area contributed by atoms with Crippen LogP contribution in [0.1, 0.15) is 82.8 Å². The maximum Gasteiger partial charge on any atom is 0.243 e. The van der Waals surface area contributed by atoms with Crippen molar-refractivity contribution in [3.63, 3.8) is 0 Å². The number of fused-ring (bicyclic) bond motifs is 1. The quantitative estimate of drug-likeness (QED) is 0.0852. The van der Waals surface area contributed by atoms with Gasteiger partial charge in [-0.05, 0) is 61.9 Å². The Morgan fingerprint density at radius 3 is 2.47 bits per heavy atom. The van der Waals surface area contributed by atoms with E-state index >= 15 is 0 Å². The van der Waals surface area contributed by atoms with Crippen LogP contribution >= 0.6 is 11.3 Å². The van der Waals surface area contributed by atoms with E-state index in [9.17, 15) is 40.1 Å². The van der Waals surface area contributed by atoms with Crippen molar-refractivity contribution < 1.29 is 39.5 Å². The van der Waals surface area contributed by atoms with Crippen molar-refractivity contribution >= 4 is 40.4 Å². The highest BCUT2D eigenvalue weighted by Crippen LogP contribution is 2.40. The molecule has 1 aromatic carbocycles. The summed E-state index contributed by atoms with van der Waals surface area (Å²) in [6.07, 6.45) is -1.79. The molecule has 8 atom stereocenters.